The van der Waals surface area contributed by atoms with E-state index in [4.69, 9.17) is 5.11 Å². The van der Waals surface area contributed by atoms with Gasteiger partial charge in [-0.2, -0.15) is 0 Å². The van der Waals surface area contributed by atoms with E-state index < -0.39 is 28.0 Å². The average Bonchev–Trinajstić information content (AvgIpc) is 3.10. The van der Waals surface area contributed by atoms with Crippen molar-refractivity contribution in [2.45, 2.75) is 18.9 Å². The molecule has 1 aromatic carbocycles. The van der Waals surface area contributed by atoms with E-state index in [2.05, 4.69) is 0 Å². The van der Waals surface area contributed by atoms with E-state index >= 15 is 0 Å². The van der Waals surface area contributed by atoms with Gasteiger partial charge in [-0.25, -0.2) is 9.18 Å². The molecule has 0 atom stereocenters. The lowest BCUT2D eigenvalue weighted by molar-refractivity contribution is -0.384. The number of carboxylic acid groups (broad SMARTS) is 1. The summed E-state index contributed by atoms with van der Waals surface area (Å²) in [6, 6.07) is 1.85. The Balaban J connectivity index is 2.55. The summed E-state index contributed by atoms with van der Waals surface area (Å²) in [6.07, 6.45) is 1.79. The lowest BCUT2D eigenvalue weighted by Gasteiger charge is -2.19. The first-order chi connectivity index (χ1) is 8.41. The Kier molecular flexibility index (Phi) is 2.90. The third-order valence-electron chi connectivity index (χ3n) is 2.97. The largest absolute Gasteiger partial charge is 0.478 e. The van der Waals surface area contributed by atoms with E-state index in [1.165, 1.54) is 0 Å². The van der Waals surface area contributed by atoms with Crippen molar-refractivity contribution in [3.05, 3.63) is 33.6 Å². The van der Waals surface area contributed by atoms with Crippen LogP contribution in [-0.4, -0.2) is 29.1 Å². The van der Waals surface area contributed by atoms with E-state index in [0.29, 0.717) is 6.07 Å². The molecule has 96 valence electrons. The zero-order chi connectivity index (χ0) is 13.4. The van der Waals surface area contributed by atoms with Gasteiger partial charge < -0.3 is 10.0 Å². The van der Waals surface area contributed by atoms with Crippen LogP contribution in [0, 0.1) is 15.9 Å². The molecule has 0 aliphatic heterocycles. The highest BCUT2D eigenvalue weighted by Crippen LogP contribution is 2.37. The Hall–Kier alpha value is -2.18. The first kappa shape index (κ1) is 12.3. The molecule has 0 bridgehead atoms. The highest BCUT2D eigenvalue weighted by Gasteiger charge is 2.32. The van der Waals surface area contributed by atoms with Gasteiger partial charge in [0.25, 0.3) is 5.69 Å². The number of anilines is 1. The van der Waals surface area contributed by atoms with Gasteiger partial charge in [-0.1, -0.05) is 0 Å². The first-order valence-corrected chi connectivity index (χ1v) is 5.36. The number of halogens is 1. The predicted octanol–water partition coefficient (Wildman–Crippen LogP) is 2.03. The van der Waals surface area contributed by atoms with Crippen molar-refractivity contribution in [3.8, 4) is 0 Å². The molecular weight excluding hydrogens is 243 g/mol. The molecule has 0 heterocycles. The van der Waals surface area contributed by atoms with Crippen molar-refractivity contribution in [1.82, 2.24) is 0 Å². The highest BCUT2D eigenvalue weighted by molar-refractivity contribution is 5.90. The standard InChI is InChI=1S/C11H11FN2O4/c1-13(6-2-3-6)9-4-7(11(15)16)8(12)5-10(9)14(17)18/h4-6H,2-3H2,1H3,(H,15,16). The fourth-order valence-electron chi connectivity index (χ4n) is 1.80. The van der Waals surface area contributed by atoms with Gasteiger partial charge in [0.1, 0.15) is 11.5 Å². The highest BCUT2D eigenvalue weighted by atomic mass is 19.1. The van der Waals surface area contributed by atoms with Crippen LogP contribution in [0.5, 0.6) is 0 Å². The number of carboxylic acids is 1. The molecule has 1 aliphatic carbocycles. The Bertz CT molecular complexity index is 528. The lowest BCUT2D eigenvalue weighted by atomic mass is 10.1. The van der Waals surface area contributed by atoms with Gasteiger partial charge in [-0.3, -0.25) is 10.1 Å². The Morgan fingerprint density at radius 1 is 1.56 bits per heavy atom. The Morgan fingerprint density at radius 2 is 2.17 bits per heavy atom. The number of nitro groups is 1. The number of aromatic carboxylic acids is 1. The maximum atomic E-state index is 13.4. The van der Waals surface area contributed by atoms with Crippen LogP contribution in [0.15, 0.2) is 12.1 Å². The summed E-state index contributed by atoms with van der Waals surface area (Å²) in [6.45, 7) is 0. The van der Waals surface area contributed by atoms with Crippen LogP contribution in [0.1, 0.15) is 23.2 Å². The molecule has 0 unspecified atom stereocenters. The van der Waals surface area contributed by atoms with Crippen LogP contribution in [0.2, 0.25) is 0 Å². The number of benzene rings is 1. The van der Waals surface area contributed by atoms with Crippen molar-refractivity contribution in [3.63, 3.8) is 0 Å². The Morgan fingerprint density at radius 3 is 2.61 bits per heavy atom. The fraction of sp³-hybridized carbons (Fsp3) is 0.364. The second kappa shape index (κ2) is 4.25. The molecule has 7 heteroatoms. The molecule has 0 radical (unpaired) electrons. The lowest BCUT2D eigenvalue weighted by Crippen LogP contribution is -2.21. The second-order valence-corrected chi connectivity index (χ2v) is 4.23. The normalized spacial score (nSPS) is 14.3. The minimum Gasteiger partial charge on any atom is -0.478 e. The van der Waals surface area contributed by atoms with Crippen LogP contribution in [0.25, 0.3) is 0 Å². The summed E-state index contributed by atoms with van der Waals surface area (Å²) in [5, 5.41) is 19.7. The average molecular weight is 254 g/mol. The maximum Gasteiger partial charge on any atom is 0.338 e. The molecule has 6 nitrogen and oxygen atoms in total. The van der Waals surface area contributed by atoms with Crippen molar-refractivity contribution < 1.29 is 19.2 Å². The van der Waals surface area contributed by atoms with E-state index in [9.17, 15) is 19.3 Å². The molecule has 1 N–H and O–H groups in total. The molecule has 18 heavy (non-hydrogen) atoms. The van der Waals surface area contributed by atoms with Gasteiger partial charge >= 0.3 is 5.97 Å². The maximum absolute atomic E-state index is 13.4. The van der Waals surface area contributed by atoms with Crippen LogP contribution in [0.3, 0.4) is 0 Å². The molecule has 2 rings (SSSR count). The van der Waals surface area contributed by atoms with Crippen molar-refractivity contribution in [2.24, 2.45) is 0 Å². The number of hydrogen-bond donors (Lipinski definition) is 1. The van der Waals surface area contributed by atoms with E-state index in [1.54, 1.807) is 11.9 Å². The number of rotatable bonds is 4. The summed E-state index contributed by atoms with van der Waals surface area (Å²) < 4.78 is 13.4. The second-order valence-electron chi connectivity index (χ2n) is 4.23. The summed E-state index contributed by atoms with van der Waals surface area (Å²) in [7, 11) is 1.64. The molecule has 1 aliphatic rings. The fourth-order valence-corrected chi connectivity index (χ4v) is 1.80. The van der Waals surface area contributed by atoms with Crippen LogP contribution < -0.4 is 4.90 Å². The predicted molar refractivity (Wildman–Crippen MR) is 61.4 cm³/mol. The third-order valence-corrected chi connectivity index (χ3v) is 2.97. The smallest absolute Gasteiger partial charge is 0.338 e. The van der Waals surface area contributed by atoms with Gasteiger partial charge in [0, 0.05) is 13.1 Å². The van der Waals surface area contributed by atoms with Gasteiger partial charge in [-0.05, 0) is 18.9 Å². The molecule has 0 amide bonds. The summed E-state index contributed by atoms with van der Waals surface area (Å²) in [5.41, 5.74) is -0.823. The van der Waals surface area contributed by atoms with Crippen LogP contribution in [-0.2, 0) is 0 Å². The summed E-state index contributed by atoms with van der Waals surface area (Å²) >= 11 is 0. The minimum absolute atomic E-state index is 0.140. The van der Waals surface area contributed by atoms with Gasteiger partial charge in [0.05, 0.1) is 16.6 Å². The topological polar surface area (TPSA) is 83.7 Å². The SMILES string of the molecule is CN(c1cc(C(=O)O)c(F)cc1[N+](=O)[O-])C1CC1. The molecular formula is C11H11FN2O4. The quantitative estimate of drug-likeness (QED) is 0.656. The summed E-state index contributed by atoms with van der Waals surface area (Å²) in [5.74, 6) is -2.53. The number of nitrogens with zero attached hydrogens (tertiary/aromatic N) is 2. The molecule has 1 saturated carbocycles. The van der Waals surface area contributed by atoms with Crippen LogP contribution >= 0.6 is 0 Å². The molecule has 0 aromatic heterocycles. The van der Waals surface area contributed by atoms with Crippen molar-refractivity contribution >= 4 is 17.3 Å². The zero-order valence-corrected chi connectivity index (χ0v) is 9.59. The first-order valence-electron chi connectivity index (χ1n) is 5.36. The molecule has 0 saturated heterocycles. The summed E-state index contributed by atoms with van der Waals surface area (Å²) in [4.78, 5) is 22.6. The third kappa shape index (κ3) is 2.11. The van der Waals surface area contributed by atoms with Crippen molar-refractivity contribution in [1.29, 1.82) is 0 Å². The minimum atomic E-state index is -1.44. The number of nitro benzene ring substituents is 1. The zero-order valence-electron chi connectivity index (χ0n) is 9.59. The van der Waals surface area contributed by atoms with Gasteiger partial charge in [0.15, 0.2) is 0 Å². The van der Waals surface area contributed by atoms with E-state index in [0.717, 1.165) is 18.9 Å². The number of hydrogen-bond acceptors (Lipinski definition) is 4. The van der Waals surface area contributed by atoms with Gasteiger partial charge in [-0.15, -0.1) is 0 Å². The monoisotopic (exact) mass is 254 g/mol. The molecule has 1 aromatic rings. The van der Waals surface area contributed by atoms with Gasteiger partial charge in [0.2, 0.25) is 0 Å². The number of carbonyl (C=O) groups is 1. The Labute approximate surface area is 102 Å². The molecule has 0 spiro atoms. The van der Waals surface area contributed by atoms with Crippen LogP contribution in [0.4, 0.5) is 15.8 Å². The van der Waals surface area contributed by atoms with E-state index in [1.807, 2.05) is 0 Å². The molecule has 1 fully saturated rings. The van der Waals surface area contributed by atoms with E-state index in [-0.39, 0.29) is 11.7 Å². The van der Waals surface area contributed by atoms with Crippen molar-refractivity contribution in [2.75, 3.05) is 11.9 Å².